The van der Waals surface area contributed by atoms with E-state index in [0.717, 1.165) is 0 Å². The molecule has 0 rings (SSSR count). The minimum atomic E-state index is 0.0564. The van der Waals surface area contributed by atoms with Gasteiger partial charge in [-0.25, -0.2) is 0 Å². The fraction of sp³-hybridized carbons (Fsp3) is 0.857. The number of likely N-dealkylation sites (N-methyl/N-ethyl adjacent to an activating group) is 2. The Morgan fingerprint density at radius 2 is 1.91 bits per heavy atom. The molecule has 11 heavy (non-hydrogen) atoms. The predicted molar refractivity (Wildman–Crippen MR) is 43.3 cm³/mol. The van der Waals surface area contributed by atoms with Crippen LogP contribution in [0.25, 0.3) is 0 Å². The van der Waals surface area contributed by atoms with E-state index in [1.807, 2.05) is 0 Å². The number of carbonyl (C=O) groups excluding carboxylic acids is 1. The van der Waals surface area contributed by atoms with Gasteiger partial charge >= 0.3 is 0 Å². The Bertz CT molecular complexity index is 126. The van der Waals surface area contributed by atoms with Crippen molar-refractivity contribution in [2.75, 3.05) is 40.8 Å². The third-order valence-corrected chi connectivity index (χ3v) is 1.39. The molecule has 0 atom stereocenters. The second-order valence-corrected chi connectivity index (χ2v) is 2.75. The fourth-order valence-electron chi connectivity index (χ4n) is 0.622. The molecule has 0 heterocycles. The van der Waals surface area contributed by atoms with Gasteiger partial charge in [-0.05, 0) is 7.05 Å². The average molecular weight is 160 g/mol. The molecule has 4 heteroatoms. The first-order valence-electron chi connectivity index (χ1n) is 3.57. The van der Waals surface area contributed by atoms with Crippen LogP contribution in [-0.4, -0.2) is 61.7 Å². The standard InChI is InChI=1S/C7H16N2O2/c1-8(2)7(11)6-9(3)4-5-10/h10H,4-6H2,1-3H3. The summed E-state index contributed by atoms with van der Waals surface area (Å²) in [6, 6.07) is 0. The van der Waals surface area contributed by atoms with Crippen molar-refractivity contribution in [3.8, 4) is 0 Å². The summed E-state index contributed by atoms with van der Waals surface area (Å²) >= 11 is 0. The number of hydrogen-bond donors (Lipinski definition) is 1. The minimum absolute atomic E-state index is 0.0564. The van der Waals surface area contributed by atoms with Crippen molar-refractivity contribution in [1.82, 2.24) is 9.80 Å². The second kappa shape index (κ2) is 5.09. The van der Waals surface area contributed by atoms with E-state index in [1.54, 1.807) is 26.0 Å². The van der Waals surface area contributed by atoms with Crippen molar-refractivity contribution < 1.29 is 9.90 Å². The average Bonchev–Trinajstić information content (AvgIpc) is 1.87. The van der Waals surface area contributed by atoms with Crippen molar-refractivity contribution in [2.45, 2.75) is 0 Å². The zero-order chi connectivity index (χ0) is 8.85. The Labute approximate surface area is 67.4 Å². The normalized spacial score (nSPS) is 10.3. The van der Waals surface area contributed by atoms with E-state index in [4.69, 9.17) is 5.11 Å². The predicted octanol–water partition coefficient (Wildman–Crippen LogP) is -1.00. The van der Waals surface area contributed by atoms with Crippen LogP contribution >= 0.6 is 0 Å². The van der Waals surface area contributed by atoms with E-state index in [9.17, 15) is 4.79 Å². The minimum Gasteiger partial charge on any atom is -0.395 e. The van der Waals surface area contributed by atoms with Crippen LogP contribution < -0.4 is 0 Å². The summed E-state index contributed by atoms with van der Waals surface area (Å²) in [6.45, 7) is 1.00. The summed E-state index contributed by atoms with van der Waals surface area (Å²) in [4.78, 5) is 14.3. The number of amides is 1. The summed E-state index contributed by atoms with van der Waals surface area (Å²) in [7, 11) is 5.24. The molecule has 66 valence electrons. The smallest absolute Gasteiger partial charge is 0.236 e. The SMILES string of the molecule is CN(CCO)CC(=O)N(C)C. The molecule has 0 unspecified atom stereocenters. The van der Waals surface area contributed by atoms with E-state index in [2.05, 4.69) is 0 Å². The fourth-order valence-corrected chi connectivity index (χ4v) is 0.622. The summed E-state index contributed by atoms with van der Waals surface area (Å²) in [5.74, 6) is 0.0564. The third kappa shape index (κ3) is 4.75. The molecule has 4 nitrogen and oxygen atoms in total. The van der Waals surface area contributed by atoms with Gasteiger partial charge in [0.25, 0.3) is 0 Å². The quantitative estimate of drug-likeness (QED) is 0.573. The van der Waals surface area contributed by atoms with Crippen LogP contribution in [0.2, 0.25) is 0 Å². The first-order valence-corrected chi connectivity index (χ1v) is 3.57. The van der Waals surface area contributed by atoms with Gasteiger partial charge in [0, 0.05) is 20.6 Å². The molecule has 0 radical (unpaired) electrons. The Morgan fingerprint density at radius 3 is 2.27 bits per heavy atom. The van der Waals surface area contributed by atoms with Gasteiger partial charge in [0.15, 0.2) is 0 Å². The molecule has 0 aromatic heterocycles. The van der Waals surface area contributed by atoms with E-state index in [0.29, 0.717) is 13.1 Å². The van der Waals surface area contributed by atoms with Crippen LogP contribution in [-0.2, 0) is 4.79 Å². The molecule has 0 saturated heterocycles. The lowest BCUT2D eigenvalue weighted by molar-refractivity contribution is -0.129. The highest BCUT2D eigenvalue weighted by Gasteiger charge is 2.06. The van der Waals surface area contributed by atoms with Gasteiger partial charge in [-0.1, -0.05) is 0 Å². The van der Waals surface area contributed by atoms with Gasteiger partial charge in [0.05, 0.1) is 13.2 Å². The van der Waals surface area contributed by atoms with Crippen LogP contribution in [0, 0.1) is 0 Å². The van der Waals surface area contributed by atoms with E-state index in [-0.39, 0.29) is 12.5 Å². The van der Waals surface area contributed by atoms with E-state index < -0.39 is 0 Å². The topological polar surface area (TPSA) is 43.8 Å². The molecule has 1 N–H and O–H groups in total. The highest BCUT2D eigenvalue weighted by atomic mass is 16.3. The molecular formula is C7H16N2O2. The Morgan fingerprint density at radius 1 is 1.36 bits per heavy atom. The number of hydrogen-bond acceptors (Lipinski definition) is 3. The Kier molecular flexibility index (Phi) is 4.81. The van der Waals surface area contributed by atoms with E-state index in [1.165, 1.54) is 4.90 Å². The Balaban J connectivity index is 3.57. The van der Waals surface area contributed by atoms with Crippen molar-refractivity contribution in [2.24, 2.45) is 0 Å². The van der Waals surface area contributed by atoms with Crippen LogP contribution in [0.5, 0.6) is 0 Å². The van der Waals surface area contributed by atoms with Crippen LogP contribution in [0.15, 0.2) is 0 Å². The maximum atomic E-state index is 11.0. The molecule has 0 spiro atoms. The number of nitrogens with zero attached hydrogens (tertiary/aromatic N) is 2. The zero-order valence-corrected chi connectivity index (χ0v) is 7.37. The number of rotatable bonds is 4. The van der Waals surface area contributed by atoms with E-state index >= 15 is 0 Å². The molecule has 1 amide bonds. The lowest BCUT2D eigenvalue weighted by Crippen LogP contribution is -2.35. The number of aliphatic hydroxyl groups is 1. The molecule has 0 aromatic rings. The first kappa shape index (κ1) is 10.4. The van der Waals surface area contributed by atoms with Crippen molar-refractivity contribution >= 4 is 5.91 Å². The molecule has 0 bridgehead atoms. The van der Waals surface area contributed by atoms with Gasteiger partial charge in [-0.3, -0.25) is 9.69 Å². The summed E-state index contributed by atoms with van der Waals surface area (Å²) < 4.78 is 0. The summed E-state index contributed by atoms with van der Waals surface area (Å²) in [5.41, 5.74) is 0. The molecule has 0 aliphatic carbocycles. The van der Waals surface area contributed by atoms with Gasteiger partial charge in [-0.15, -0.1) is 0 Å². The summed E-state index contributed by atoms with van der Waals surface area (Å²) in [6.07, 6.45) is 0. The number of aliphatic hydroxyl groups excluding tert-OH is 1. The van der Waals surface area contributed by atoms with Gasteiger partial charge in [-0.2, -0.15) is 0 Å². The highest BCUT2D eigenvalue weighted by Crippen LogP contribution is 1.84. The van der Waals surface area contributed by atoms with Gasteiger partial charge in [0.2, 0.25) is 5.91 Å². The largest absolute Gasteiger partial charge is 0.395 e. The molecular weight excluding hydrogens is 144 g/mol. The molecule has 0 aliphatic heterocycles. The van der Waals surface area contributed by atoms with Crippen LogP contribution in [0.1, 0.15) is 0 Å². The zero-order valence-electron chi connectivity index (χ0n) is 7.37. The number of carbonyl (C=O) groups is 1. The van der Waals surface area contributed by atoms with Crippen molar-refractivity contribution in [1.29, 1.82) is 0 Å². The maximum absolute atomic E-state index is 11.0. The highest BCUT2D eigenvalue weighted by molar-refractivity contribution is 5.77. The molecule has 0 aliphatic rings. The van der Waals surface area contributed by atoms with Gasteiger partial charge < -0.3 is 10.0 Å². The molecule has 0 saturated carbocycles. The molecule has 0 aromatic carbocycles. The monoisotopic (exact) mass is 160 g/mol. The maximum Gasteiger partial charge on any atom is 0.236 e. The van der Waals surface area contributed by atoms with Gasteiger partial charge in [0.1, 0.15) is 0 Å². The third-order valence-electron chi connectivity index (χ3n) is 1.39. The second-order valence-electron chi connectivity index (χ2n) is 2.75. The first-order chi connectivity index (χ1) is 5.07. The molecule has 0 fully saturated rings. The lowest BCUT2D eigenvalue weighted by atomic mass is 10.5. The van der Waals surface area contributed by atoms with Crippen LogP contribution in [0.3, 0.4) is 0 Å². The summed E-state index contributed by atoms with van der Waals surface area (Å²) in [5, 5.41) is 8.52. The Hall–Kier alpha value is -0.610. The van der Waals surface area contributed by atoms with Crippen molar-refractivity contribution in [3.63, 3.8) is 0 Å². The van der Waals surface area contributed by atoms with Crippen molar-refractivity contribution in [3.05, 3.63) is 0 Å². The van der Waals surface area contributed by atoms with Crippen LogP contribution in [0.4, 0.5) is 0 Å². The lowest BCUT2D eigenvalue weighted by Gasteiger charge is -2.17.